The van der Waals surface area contributed by atoms with Gasteiger partial charge < -0.3 is 14.8 Å². The second kappa shape index (κ2) is 6.09. The van der Waals surface area contributed by atoms with Crippen LogP contribution in [0.2, 0.25) is 0 Å². The first kappa shape index (κ1) is 14.9. The van der Waals surface area contributed by atoms with Gasteiger partial charge in [-0.15, -0.1) is 0 Å². The fraction of sp³-hybridized carbons (Fsp3) is 0.235. The molecule has 1 saturated heterocycles. The summed E-state index contributed by atoms with van der Waals surface area (Å²) in [5, 5.41) is 3.76. The maximum atomic E-state index is 12.7. The summed E-state index contributed by atoms with van der Waals surface area (Å²) in [6.45, 7) is 2.23. The molecule has 0 bridgehead atoms. The van der Waals surface area contributed by atoms with Gasteiger partial charge in [0, 0.05) is 37.1 Å². The molecule has 1 fully saturated rings. The number of fused-ring (bicyclic) bond motifs is 1. The Morgan fingerprint density at radius 1 is 1.00 bits per heavy atom. The van der Waals surface area contributed by atoms with E-state index >= 15 is 0 Å². The Morgan fingerprint density at radius 2 is 1.71 bits per heavy atom. The highest BCUT2D eigenvalue weighted by Gasteiger charge is 2.25. The van der Waals surface area contributed by atoms with Crippen molar-refractivity contribution in [2.45, 2.75) is 0 Å². The minimum Gasteiger partial charge on any atom is -0.345 e. The number of carbonyl (C=O) groups is 2. The Balaban J connectivity index is 1.43. The Labute approximate surface area is 142 Å². The van der Waals surface area contributed by atoms with Crippen molar-refractivity contribution in [1.82, 2.24) is 19.8 Å². The van der Waals surface area contributed by atoms with E-state index in [0.717, 1.165) is 16.6 Å². The number of H-pyrrole nitrogens is 1. The van der Waals surface area contributed by atoms with E-state index < -0.39 is 0 Å². The monoisotopic (exact) mass is 340 g/mol. The SMILES string of the molecule is O=C(c1ccsc1)N1CCN(C(=O)c2ccc3nc[nH]c3c2)CC1. The maximum Gasteiger partial charge on any atom is 0.254 e. The largest absolute Gasteiger partial charge is 0.345 e. The molecule has 3 heterocycles. The molecule has 0 aliphatic carbocycles. The quantitative estimate of drug-likeness (QED) is 0.778. The summed E-state index contributed by atoms with van der Waals surface area (Å²) in [4.78, 5) is 35.8. The molecule has 6 nitrogen and oxygen atoms in total. The summed E-state index contributed by atoms with van der Waals surface area (Å²) in [6.07, 6.45) is 1.62. The van der Waals surface area contributed by atoms with Crippen molar-refractivity contribution in [2.75, 3.05) is 26.2 Å². The highest BCUT2D eigenvalue weighted by Crippen LogP contribution is 2.16. The molecule has 1 aliphatic rings. The number of aromatic amines is 1. The second-order valence-corrected chi connectivity index (χ2v) is 6.51. The lowest BCUT2D eigenvalue weighted by Crippen LogP contribution is -2.50. The standard InChI is InChI=1S/C17H16N4O2S/c22-16(12-1-2-14-15(9-12)19-11-18-14)20-4-6-21(7-5-20)17(23)13-3-8-24-10-13/h1-3,8-11H,4-7H2,(H,18,19). The van der Waals surface area contributed by atoms with Crippen LogP contribution < -0.4 is 0 Å². The van der Waals surface area contributed by atoms with Crippen molar-refractivity contribution in [2.24, 2.45) is 0 Å². The third-order valence-electron chi connectivity index (χ3n) is 4.29. The van der Waals surface area contributed by atoms with Crippen LogP contribution in [-0.2, 0) is 0 Å². The van der Waals surface area contributed by atoms with Gasteiger partial charge >= 0.3 is 0 Å². The number of aromatic nitrogens is 2. The summed E-state index contributed by atoms with van der Waals surface area (Å²) >= 11 is 1.52. The van der Waals surface area contributed by atoms with Crippen LogP contribution in [0, 0.1) is 0 Å². The number of rotatable bonds is 2. The number of amides is 2. The van der Waals surface area contributed by atoms with Crippen LogP contribution >= 0.6 is 11.3 Å². The van der Waals surface area contributed by atoms with Crippen LogP contribution in [-0.4, -0.2) is 57.8 Å². The zero-order valence-electron chi connectivity index (χ0n) is 12.9. The van der Waals surface area contributed by atoms with Gasteiger partial charge in [-0.3, -0.25) is 9.59 Å². The van der Waals surface area contributed by atoms with Crippen LogP contribution in [0.3, 0.4) is 0 Å². The summed E-state index contributed by atoms with van der Waals surface area (Å²) in [7, 11) is 0. The van der Waals surface area contributed by atoms with Crippen molar-refractivity contribution in [3.05, 3.63) is 52.5 Å². The Hall–Kier alpha value is -2.67. The highest BCUT2D eigenvalue weighted by atomic mass is 32.1. The normalized spacial score (nSPS) is 15.0. The molecule has 24 heavy (non-hydrogen) atoms. The van der Waals surface area contributed by atoms with Crippen molar-refractivity contribution in [1.29, 1.82) is 0 Å². The number of hydrogen-bond acceptors (Lipinski definition) is 4. The third-order valence-corrected chi connectivity index (χ3v) is 4.97. The van der Waals surface area contributed by atoms with Crippen LogP contribution in [0.5, 0.6) is 0 Å². The van der Waals surface area contributed by atoms with E-state index in [1.807, 2.05) is 33.9 Å². The third kappa shape index (κ3) is 2.67. The smallest absolute Gasteiger partial charge is 0.254 e. The first-order chi connectivity index (χ1) is 11.7. The average Bonchev–Trinajstić information content (AvgIpc) is 3.31. The topological polar surface area (TPSA) is 69.3 Å². The van der Waals surface area contributed by atoms with E-state index in [9.17, 15) is 9.59 Å². The molecule has 1 aliphatic heterocycles. The maximum absolute atomic E-state index is 12.7. The van der Waals surface area contributed by atoms with Crippen molar-refractivity contribution in [3.8, 4) is 0 Å². The molecular formula is C17H16N4O2S. The fourth-order valence-corrected chi connectivity index (χ4v) is 3.56. The van der Waals surface area contributed by atoms with E-state index in [0.29, 0.717) is 31.7 Å². The van der Waals surface area contributed by atoms with Crippen molar-refractivity contribution in [3.63, 3.8) is 0 Å². The first-order valence-electron chi connectivity index (χ1n) is 7.76. The zero-order chi connectivity index (χ0) is 16.5. The molecule has 7 heteroatoms. The summed E-state index contributed by atoms with van der Waals surface area (Å²) < 4.78 is 0. The second-order valence-electron chi connectivity index (χ2n) is 5.73. The van der Waals surface area contributed by atoms with E-state index in [4.69, 9.17) is 0 Å². The molecule has 122 valence electrons. The molecule has 0 unspecified atom stereocenters. The lowest BCUT2D eigenvalue weighted by atomic mass is 10.1. The number of carbonyl (C=O) groups excluding carboxylic acids is 2. The average molecular weight is 340 g/mol. The predicted octanol–water partition coefficient (Wildman–Crippen LogP) is 2.22. The molecule has 0 saturated carbocycles. The van der Waals surface area contributed by atoms with Crippen molar-refractivity contribution < 1.29 is 9.59 Å². The van der Waals surface area contributed by atoms with E-state index in [2.05, 4.69) is 9.97 Å². The van der Waals surface area contributed by atoms with Gasteiger partial charge in [0.05, 0.1) is 22.9 Å². The highest BCUT2D eigenvalue weighted by molar-refractivity contribution is 7.08. The number of nitrogens with zero attached hydrogens (tertiary/aromatic N) is 3. The zero-order valence-corrected chi connectivity index (χ0v) is 13.8. The van der Waals surface area contributed by atoms with Gasteiger partial charge in [-0.05, 0) is 29.6 Å². The summed E-state index contributed by atoms with van der Waals surface area (Å²) in [6, 6.07) is 7.31. The summed E-state index contributed by atoms with van der Waals surface area (Å²) in [5.41, 5.74) is 3.07. The molecule has 0 atom stereocenters. The van der Waals surface area contributed by atoms with Gasteiger partial charge in [0.15, 0.2) is 0 Å². The van der Waals surface area contributed by atoms with Gasteiger partial charge in [-0.1, -0.05) is 0 Å². The van der Waals surface area contributed by atoms with Crippen molar-refractivity contribution >= 4 is 34.2 Å². The summed E-state index contributed by atoms with van der Waals surface area (Å²) in [5.74, 6) is 0.0383. The lowest BCUT2D eigenvalue weighted by molar-refractivity contribution is 0.0536. The van der Waals surface area contributed by atoms with E-state index in [-0.39, 0.29) is 11.8 Å². The predicted molar refractivity (Wildman–Crippen MR) is 92.2 cm³/mol. The van der Waals surface area contributed by atoms with Gasteiger partial charge in [-0.25, -0.2) is 4.98 Å². The Kier molecular flexibility index (Phi) is 3.78. The number of imidazole rings is 1. The lowest BCUT2D eigenvalue weighted by Gasteiger charge is -2.34. The minimum atomic E-state index is -0.00543. The molecule has 2 aromatic heterocycles. The van der Waals surface area contributed by atoms with Crippen LogP contribution in [0.15, 0.2) is 41.4 Å². The molecule has 4 rings (SSSR count). The van der Waals surface area contributed by atoms with Gasteiger partial charge in [-0.2, -0.15) is 11.3 Å². The van der Waals surface area contributed by atoms with Gasteiger partial charge in [0.1, 0.15) is 0 Å². The molecule has 1 N–H and O–H groups in total. The molecule has 0 radical (unpaired) electrons. The minimum absolute atomic E-state index is 0.00543. The Morgan fingerprint density at radius 3 is 2.38 bits per heavy atom. The van der Waals surface area contributed by atoms with Crippen LogP contribution in [0.1, 0.15) is 20.7 Å². The number of benzene rings is 1. The van der Waals surface area contributed by atoms with E-state index in [1.54, 1.807) is 17.3 Å². The van der Waals surface area contributed by atoms with Gasteiger partial charge in [0.25, 0.3) is 11.8 Å². The Bertz CT molecular complexity index is 879. The van der Waals surface area contributed by atoms with Crippen LogP contribution in [0.25, 0.3) is 11.0 Å². The molecule has 2 amide bonds. The number of piperazine rings is 1. The molecular weight excluding hydrogens is 324 g/mol. The fourth-order valence-electron chi connectivity index (χ4n) is 2.93. The number of thiophene rings is 1. The molecule has 3 aromatic rings. The number of hydrogen-bond donors (Lipinski definition) is 1. The van der Waals surface area contributed by atoms with E-state index in [1.165, 1.54) is 11.3 Å². The molecule has 0 spiro atoms. The van der Waals surface area contributed by atoms with Crippen LogP contribution in [0.4, 0.5) is 0 Å². The van der Waals surface area contributed by atoms with Gasteiger partial charge in [0.2, 0.25) is 0 Å². The molecule has 1 aromatic carbocycles. The first-order valence-corrected chi connectivity index (χ1v) is 8.70. The number of nitrogens with one attached hydrogen (secondary N) is 1.